The second-order valence-electron chi connectivity index (χ2n) is 4.06. The number of carbonyl (C=O) groups excluding carboxylic acids is 1. The summed E-state index contributed by atoms with van der Waals surface area (Å²) in [6, 6.07) is 7.46. The molecule has 1 N–H and O–H groups in total. The molecule has 0 aliphatic rings. The van der Waals surface area contributed by atoms with Crippen LogP contribution in [0.2, 0.25) is 0 Å². The van der Waals surface area contributed by atoms with Crippen molar-refractivity contribution in [2.45, 2.75) is 0 Å². The van der Waals surface area contributed by atoms with E-state index >= 15 is 0 Å². The van der Waals surface area contributed by atoms with Gasteiger partial charge in [0, 0.05) is 25.0 Å². The number of urea groups is 1. The van der Waals surface area contributed by atoms with E-state index in [-0.39, 0.29) is 6.03 Å². The average Bonchev–Trinajstić information content (AvgIpc) is 2.86. The number of nitrogens with zero attached hydrogens (tertiary/aromatic N) is 2. The third-order valence-corrected chi connectivity index (χ3v) is 3.26. The highest BCUT2D eigenvalue weighted by molar-refractivity contribution is 7.14. The number of carbonyl (C=O) groups is 1. The van der Waals surface area contributed by atoms with Crippen molar-refractivity contribution in [3.05, 3.63) is 29.6 Å². The lowest BCUT2D eigenvalue weighted by Gasteiger charge is -2.09. The summed E-state index contributed by atoms with van der Waals surface area (Å²) < 4.78 is 5.30. The van der Waals surface area contributed by atoms with Crippen LogP contribution in [0, 0.1) is 0 Å². The molecule has 2 aromatic rings. The van der Waals surface area contributed by atoms with Gasteiger partial charge in [-0.3, -0.25) is 5.32 Å². The highest BCUT2D eigenvalue weighted by Gasteiger charge is 2.11. The van der Waals surface area contributed by atoms with E-state index in [4.69, 9.17) is 4.74 Å². The van der Waals surface area contributed by atoms with Gasteiger partial charge in [-0.15, -0.1) is 11.3 Å². The predicted octanol–water partition coefficient (Wildman–Crippen LogP) is 2.91. The Bertz CT molecular complexity index is 581. The van der Waals surface area contributed by atoms with Gasteiger partial charge in [-0.2, -0.15) is 0 Å². The number of thiazole rings is 1. The van der Waals surface area contributed by atoms with Gasteiger partial charge in [0.15, 0.2) is 5.13 Å². The fraction of sp³-hybridized carbons (Fsp3) is 0.231. The number of benzene rings is 1. The van der Waals surface area contributed by atoms with Gasteiger partial charge in [-0.05, 0) is 12.1 Å². The van der Waals surface area contributed by atoms with E-state index < -0.39 is 0 Å². The molecule has 0 saturated heterocycles. The molecule has 0 aliphatic carbocycles. The van der Waals surface area contributed by atoms with Crippen molar-refractivity contribution in [3.8, 4) is 17.0 Å². The molecule has 0 aliphatic heterocycles. The third kappa shape index (κ3) is 3.03. The van der Waals surface area contributed by atoms with Crippen LogP contribution < -0.4 is 10.1 Å². The molecule has 0 spiro atoms. The van der Waals surface area contributed by atoms with Crippen molar-refractivity contribution in [2.24, 2.45) is 0 Å². The van der Waals surface area contributed by atoms with Gasteiger partial charge in [-0.25, -0.2) is 9.78 Å². The molecule has 5 nitrogen and oxygen atoms in total. The lowest BCUT2D eigenvalue weighted by atomic mass is 10.1. The molecule has 1 heterocycles. The van der Waals surface area contributed by atoms with Crippen LogP contribution >= 0.6 is 11.3 Å². The zero-order valence-electron chi connectivity index (χ0n) is 11.0. The van der Waals surface area contributed by atoms with Crippen LogP contribution in [0.5, 0.6) is 5.75 Å². The summed E-state index contributed by atoms with van der Waals surface area (Å²) in [5.41, 5.74) is 1.70. The summed E-state index contributed by atoms with van der Waals surface area (Å²) in [6.45, 7) is 0. The zero-order chi connectivity index (χ0) is 13.8. The van der Waals surface area contributed by atoms with Crippen LogP contribution in [0.4, 0.5) is 9.93 Å². The summed E-state index contributed by atoms with van der Waals surface area (Å²) in [6.07, 6.45) is 0. The maximum absolute atomic E-state index is 11.5. The SMILES string of the molecule is COc1ccccc1-c1csc(NC(=O)N(C)C)n1. The Labute approximate surface area is 115 Å². The van der Waals surface area contributed by atoms with Crippen molar-refractivity contribution < 1.29 is 9.53 Å². The molecule has 0 unspecified atom stereocenters. The molecule has 6 heteroatoms. The molecule has 100 valence electrons. The van der Waals surface area contributed by atoms with E-state index in [1.807, 2.05) is 29.6 Å². The number of hydrogen-bond acceptors (Lipinski definition) is 4. The van der Waals surface area contributed by atoms with Crippen molar-refractivity contribution in [1.29, 1.82) is 0 Å². The van der Waals surface area contributed by atoms with E-state index in [1.165, 1.54) is 16.2 Å². The second-order valence-corrected chi connectivity index (χ2v) is 4.92. The van der Waals surface area contributed by atoms with E-state index in [0.717, 1.165) is 17.0 Å². The van der Waals surface area contributed by atoms with Gasteiger partial charge < -0.3 is 9.64 Å². The molecule has 19 heavy (non-hydrogen) atoms. The summed E-state index contributed by atoms with van der Waals surface area (Å²) in [4.78, 5) is 17.4. The topological polar surface area (TPSA) is 54.5 Å². The van der Waals surface area contributed by atoms with Gasteiger partial charge in [0.1, 0.15) is 5.75 Å². The van der Waals surface area contributed by atoms with Crippen molar-refractivity contribution in [2.75, 3.05) is 26.5 Å². The van der Waals surface area contributed by atoms with Crippen LogP contribution in [0.3, 0.4) is 0 Å². The Morgan fingerprint density at radius 2 is 2.11 bits per heavy atom. The Morgan fingerprint density at radius 3 is 2.79 bits per heavy atom. The van der Waals surface area contributed by atoms with Gasteiger partial charge in [0.05, 0.1) is 12.8 Å². The number of nitrogens with one attached hydrogen (secondary N) is 1. The first kappa shape index (κ1) is 13.4. The smallest absolute Gasteiger partial charge is 0.323 e. The minimum Gasteiger partial charge on any atom is -0.496 e. The molecule has 0 radical (unpaired) electrons. The molecule has 0 saturated carbocycles. The number of amides is 2. The number of methoxy groups -OCH3 is 1. The van der Waals surface area contributed by atoms with E-state index in [2.05, 4.69) is 10.3 Å². The minimum absolute atomic E-state index is 0.194. The predicted molar refractivity (Wildman–Crippen MR) is 76.8 cm³/mol. The maximum atomic E-state index is 11.5. The first-order valence-electron chi connectivity index (χ1n) is 5.69. The van der Waals surface area contributed by atoms with Gasteiger partial charge >= 0.3 is 6.03 Å². The Kier molecular flexibility index (Phi) is 4.01. The zero-order valence-corrected chi connectivity index (χ0v) is 11.8. The number of para-hydroxylation sites is 1. The quantitative estimate of drug-likeness (QED) is 0.938. The Hall–Kier alpha value is -2.08. The molecule has 2 rings (SSSR count). The fourth-order valence-electron chi connectivity index (χ4n) is 1.51. The maximum Gasteiger partial charge on any atom is 0.323 e. The molecular weight excluding hydrogens is 262 g/mol. The largest absolute Gasteiger partial charge is 0.496 e. The highest BCUT2D eigenvalue weighted by atomic mass is 32.1. The first-order chi connectivity index (χ1) is 9.11. The molecule has 0 bridgehead atoms. The van der Waals surface area contributed by atoms with Gasteiger partial charge in [0.2, 0.25) is 0 Å². The monoisotopic (exact) mass is 277 g/mol. The molecule has 1 aromatic carbocycles. The molecule has 1 aromatic heterocycles. The average molecular weight is 277 g/mol. The van der Waals surface area contributed by atoms with E-state index in [9.17, 15) is 4.79 Å². The van der Waals surface area contributed by atoms with E-state index in [0.29, 0.717) is 5.13 Å². The lowest BCUT2D eigenvalue weighted by molar-refractivity contribution is 0.230. The standard InChI is InChI=1S/C13H15N3O2S/c1-16(2)13(17)15-12-14-10(8-19-12)9-6-4-5-7-11(9)18-3/h4-8H,1-3H3,(H,14,15,17). The minimum atomic E-state index is -0.194. The van der Waals surface area contributed by atoms with Crippen LogP contribution in [0.1, 0.15) is 0 Å². The Balaban J connectivity index is 2.23. The summed E-state index contributed by atoms with van der Waals surface area (Å²) in [5.74, 6) is 0.762. The van der Waals surface area contributed by atoms with Gasteiger partial charge in [-0.1, -0.05) is 12.1 Å². The lowest BCUT2D eigenvalue weighted by Crippen LogP contribution is -2.27. The van der Waals surface area contributed by atoms with Crippen molar-refractivity contribution in [3.63, 3.8) is 0 Å². The van der Waals surface area contributed by atoms with Crippen LogP contribution in [0.25, 0.3) is 11.3 Å². The third-order valence-electron chi connectivity index (χ3n) is 2.51. The van der Waals surface area contributed by atoms with Crippen molar-refractivity contribution in [1.82, 2.24) is 9.88 Å². The van der Waals surface area contributed by atoms with E-state index in [1.54, 1.807) is 21.2 Å². The number of hydrogen-bond donors (Lipinski definition) is 1. The number of ether oxygens (including phenoxy) is 1. The number of aromatic nitrogens is 1. The molecule has 0 atom stereocenters. The summed E-state index contributed by atoms with van der Waals surface area (Å²) >= 11 is 1.38. The Morgan fingerprint density at radius 1 is 1.37 bits per heavy atom. The van der Waals surface area contributed by atoms with Crippen LogP contribution in [-0.4, -0.2) is 37.1 Å². The second kappa shape index (κ2) is 5.71. The van der Waals surface area contributed by atoms with Crippen molar-refractivity contribution >= 4 is 22.5 Å². The number of anilines is 1. The molecule has 0 fully saturated rings. The molecule has 2 amide bonds. The highest BCUT2D eigenvalue weighted by Crippen LogP contribution is 2.31. The number of rotatable bonds is 3. The first-order valence-corrected chi connectivity index (χ1v) is 6.57. The normalized spacial score (nSPS) is 10.1. The molecular formula is C13H15N3O2S. The van der Waals surface area contributed by atoms with Gasteiger partial charge in [0.25, 0.3) is 0 Å². The van der Waals surface area contributed by atoms with Crippen LogP contribution in [0.15, 0.2) is 29.6 Å². The summed E-state index contributed by atoms with van der Waals surface area (Å²) in [7, 11) is 4.99. The summed E-state index contributed by atoms with van der Waals surface area (Å²) in [5, 5.41) is 5.18. The fourth-order valence-corrected chi connectivity index (χ4v) is 2.21. The van der Waals surface area contributed by atoms with Crippen LogP contribution in [-0.2, 0) is 0 Å².